The van der Waals surface area contributed by atoms with Crippen molar-refractivity contribution in [2.75, 3.05) is 47.5 Å². The van der Waals surface area contributed by atoms with E-state index < -0.39 is 24.3 Å². The molecule has 0 aromatic carbocycles. The number of carboxylic acid groups (broad SMARTS) is 1. The van der Waals surface area contributed by atoms with Crippen LogP contribution in [0.5, 0.6) is 0 Å². The SMILES string of the molecule is CCCCC/C=C\C/C=C\CCCCCCCCCCCC(=O)OCC(COC(OCC[N+](C)(C)C)C(=O)O)OC(=O)CCCCCCCCCCCC/C=C\C/C=C\C/C=C\CCCCCCC. The monoisotopic (exact) mass is 971 g/mol. The van der Waals surface area contributed by atoms with Crippen LogP contribution in [-0.2, 0) is 33.3 Å². The van der Waals surface area contributed by atoms with Gasteiger partial charge in [-0.2, -0.15) is 0 Å². The number of hydrogen-bond acceptors (Lipinski definition) is 7. The molecular weight excluding hydrogens is 863 g/mol. The van der Waals surface area contributed by atoms with E-state index in [4.69, 9.17) is 18.9 Å². The summed E-state index contributed by atoms with van der Waals surface area (Å²) < 4.78 is 22.9. The van der Waals surface area contributed by atoms with E-state index in [-0.39, 0.29) is 32.2 Å². The molecule has 0 rings (SSSR count). The van der Waals surface area contributed by atoms with Gasteiger partial charge in [0.2, 0.25) is 0 Å². The molecule has 0 aliphatic heterocycles. The van der Waals surface area contributed by atoms with E-state index in [2.05, 4.69) is 74.6 Å². The Balaban J connectivity index is 4.28. The third-order valence-corrected chi connectivity index (χ3v) is 12.2. The van der Waals surface area contributed by atoms with E-state index in [0.717, 1.165) is 57.8 Å². The highest BCUT2D eigenvalue weighted by Gasteiger charge is 2.25. The number of allylic oxidation sites excluding steroid dienone is 10. The predicted molar refractivity (Wildman–Crippen MR) is 290 cm³/mol. The van der Waals surface area contributed by atoms with Gasteiger partial charge in [-0.15, -0.1) is 0 Å². The fourth-order valence-corrected chi connectivity index (χ4v) is 7.82. The summed E-state index contributed by atoms with van der Waals surface area (Å²) in [6, 6.07) is 0. The molecule has 400 valence electrons. The molecule has 9 heteroatoms. The minimum atomic E-state index is -1.51. The van der Waals surface area contributed by atoms with Gasteiger partial charge in [0, 0.05) is 12.8 Å². The largest absolute Gasteiger partial charge is 0.477 e. The average Bonchev–Trinajstić information content (AvgIpc) is 3.31. The Morgan fingerprint density at radius 3 is 1.19 bits per heavy atom. The molecule has 0 saturated heterocycles. The second kappa shape index (κ2) is 51.3. The molecule has 0 radical (unpaired) electrons. The fraction of sp³-hybridized carbons (Fsp3) is 0.783. The van der Waals surface area contributed by atoms with Gasteiger partial charge in [0.25, 0.3) is 6.29 Å². The summed E-state index contributed by atoms with van der Waals surface area (Å²) in [5.41, 5.74) is 0. The minimum Gasteiger partial charge on any atom is -0.477 e. The first-order valence-corrected chi connectivity index (χ1v) is 28.5. The third-order valence-electron chi connectivity index (χ3n) is 12.2. The van der Waals surface area contributed by atoms with Gasteiger partial charge in [0.15, 0.2) is 6.10 Å². The zero-order valence-electron chi connectivity index (χ0n) is 45.5. The molecule has 0 aromatic heterocycles. The van der Waals surface area contributed by atoms with Crippen LogP contribution in [0.25, 0.3) is 0 Å². The molecule has 0 saturated carbocycles. The van der Waals surface area contributed by atoms with Crippen molar-refractivity contribution in [2.45, 2.75) is 257 Å². The van der Waals surface area contributed by atoms with Crippen molar-refractivity contribution in [3.63, 3.8) is 0 Å². The highest BCUT2D eigenvalue weighted by molar-refractivity contribution is 5.71. The molecule has 2 atom stereocenters. The molecule has 69 heavy (non-hydrogen) atoms. The van der Waals surface area contributed by atoms with Gasteiger partial charge >= 0.3 is 17.9 Å². The van der Waals surface area contributed by atoms with Crippen LogP contribution in [0.4, 0.5) is 0 Å². The number of rotatable bonds is 52. The zero-order chi connectivity index (χ0) is 50.6. The molecule has 0 aliphatic rings. The molecule has 0 aliphatic carbocycles. The van der Waals surface area contributed by atoms with Crippen LogP contribution < -0.4 is 0 Å². The first kappa shape index (κ1) is 66.0. The molecule has 9 nitrogen and oxygen atoms in total. The van der Waals surface area contributed by atoms with Crippen molar-refractivity contribution in [3.05, 3.63) is 60.8 Å². The van der Waals surface area contributed by atoms with Crippen LogP contribution in [0.1, 0.15) is 245 Å². The van der Waals surface area contributed by atoms with Crippen molar-refractivity contribution >= 4 is 17.9 Å². The maximum absolute atomic E-state index is 12.9. The van der Waals surface area contributed by atoms with E-state index in [0.29, 0.717) is 23.9 Å². The van der Waals surface area contributed by atoms with E-state index in [1.807, 2.05) is 21.1 Å². The summed E-state index contributed by atoms with van der Waals surface area (Å²) in [6.45, 7) is 4.85. The highest BCUT2D eigenvalue weighted by Crippen LogP contribution is 2.15. The Kier molecular flexibility index (Phi) is 49.1. The molecule has 0 spiro atoms. The van der Waals surface area contributed by atoms with E-state index in [1.165, 1.54) is 154 Å². The summed E-state index contributed by atoms with van der Waals surface area (Å²) in [5, 5.41) is 9.70. The van der Waals surface area contributed by atoms with Gasteiger partial charge in [-0.1, -0.05) is 209 Å². The van der Waals surface area contributed by atoms with Gasteiger partial charge < -0.3 is 28.5 Å². The third kappa shape index (κ3) is 52.6. The Hall–Kier alpha value is -3.01. The van der Waals surface area contributed by atoms with Crippen LogP contribution in [0, 0.1) is 0 Å². The lowest BCUT2D eigenvalue weighted by atomic mass is 10.0. The van der Waals surface area contributed by atoms with Crippen LogP contribution in [0.15, 0.2) is 60.8 Å². The number of carbonyl (C=O) groups is 3. The standard InChI is InChI=1S/C60H107NO8/c1-6-8-10-12-14-16-18-20-22-24-26-27-28-29-30-31-33-35-37-39-41-43-45-47-49-51-58(63)69-56(55-68-60(59(64)65)66-53-52-61(3,4)5)54-67-57(62)50-48-46-44-42-40-38-36-34-32-25-23-21-19-17-15-13-11-9-7-2/h15,17-18,20-21,23-24,26,28-29,56,60H,6-14,16,19,22,25,27,30-55H2,1-5H3/p+1/b17-15-,20-18-,23-21-,26-24-,29-28-. The number of carbonyl (C=O) groups excluding carboxylic acids is 2. The van der Waals surface area contributed by atoms with Crippen molar-refractivity contribution < 1.29 is 42.9 Å². The summed E-state index contributed by atoms with van der Waals surface area (Å²) in [5.74, 6) is -2.01. The van der Waals surface area contributed by atoms with Crippen molar-refractivity contribution in [1.29, 1.82) is 0 Å². The molecule has 2 unspecified atom stereocenters. The number of unbranched alkanes of at least 4 members (excludes halogenated alkanes) is 27. The molecule has 0 amide bonds. The maximum Gasteiger partial charge on any atom is 0.361 e. The Labute approximate surface area is 425 Å². The van der Waals surface area contributed by atoms with Gasteiger partial charge in [-0.25, -0.2) is 4.79 Å². The van der Waals surface area contributed by atoms with Crippen molar-refractivity contribution in [3.8, 4) is 0 Å². The molecule has 0 heterocycles. The summed E-state index contributed by atoms with van der Waals surface area (Å²) in [4.78, 5) is 37.4. The second-order valence-corrected chi connectivity index (χ2v) is 20.2. The van der Waals surface area contributed by atoms with E-state index in [9.17, 15) is 19.5 Å². The number of quaternary nitrogens is 1. The first-order valence-electron chi connectivity index (χ1n) is 28.5. The first-order chi connectivity index (χ1) is 33.6. The lowest BCUT2D eigenvalue weighted by Gasteiger charge is -2.25. The average molecular weight is 972 g/mol. The number of hydrogen-bond donors (Lipinski definition) is 1. The number of nitrogens with zero attached hydrogens (tertiary/aromatic N) is 1. The summed E-state index contributed by atoms with van der Waals surface area (Å²) in [6.07, 6.45) is 61.4. The molecule has 0 aromatic rings. The summed E-state index contributed by atoms with van der Waals surface area (Å²) in [7, 11) is 5.96. The Morgan fingerprint density at radius 1 is 0.435 bits per heavy atom. The van der Waals surface area contributed by atoms with Gasteiger partial charge in [0.1, 0.15) is 13.2 Å². The van der Waals surface area contributed by atoms with Crippen LogP contribution in [0.3, 0.4) is 0 Å². The lowest BCUT2D eigenvalue weighted by Crippen LogP contribution is -2.40. The lowest BCUT2D eigenvalue weighted by molar-refractivity contribution is -0.870. The van der Waals surface area contributed by atoms with E-state index in [1.54, 1.807) is 0 Å². The smallest absolute Gasteiger partial charge is 0.361 e. The van der Waals surface area contributed by atoms with Gasteiger partial charge in [-0.3, -0.25) is 9.59 Å². The van der Waals surface area contributed by atoms with Crippen LogP contribution in [-0.4, -0.2) is 87.4 Å². The zero-order valence-corrected chi connectivity index (χ0v) is 45.5. The predicted octanol–water partition coefficient (Wildman–Crippen LogP) is 16.5. The number of carboxylic acids is 1. The van der Waals surface area contributed by atoms with Gasteiger partial charge in [-0.05, 0) is 83.5 Å². The molecule has 0 bridgehead atoms. The maximum atomic E-state index is 12.9. The van der Waals surface area contributed by atoms with Crippen LogP contribution in [0.2, 0.25) is 0 Å². The number of ether oxygens (including phenoxy) is 4. The number of likely N-dealkylation sites (N-methyl/N-ethyl adjacent to an activating group) is 1. The van der Waals surface area contributed by atoms with Crippen LogP contribution >= 0.6 is 0 Å². The Morgan fingerprint density at radius 2 is 0.783 bits per heavy atom. The highest BCUT2D eigenvalue weighted by atomic mass is 16.7. The fourth-order valence-electron chi connectivity index (χ4n) is 7.82. The number of esters is 2. The quantitative estimate of drug-likeness (QED) is 0.0211. The Bertz CT molecular complexity index is 1310. The minimum absolute atomic E-state index is 0.184. The molecule has 0 fully saturated rings. The second-order valence-electron chi connectivity index (χ2n) is 20.2. The normalized spacial score (nSPS) is 13.2. The topological polar surface area (TPSA) is 108 Å². The van der Waals surface area contributed by atoms with E-state index >= 15 is 0 Å². The van der Waals surface area contributed by atoms with Crippen molar-refractivity contribution in [1.82, 2.24) is 0 Å². The van der Waals surface area contributed by atoms with Crippen molar-refractivity contribution in [2.24, 2.45) is 0 Å². The number of aliphatic carboxylic acids is 1. The molecule has 1 N–H and O–H groups in total. The summed E-state index contributed by atoms with van der Waals surface area (Å²) >= 11 is 0. The van der Waals surface area contributed by atoms with Gasteiger partial charge in [0.05, 0.1) is 34.4 Å². The molecular formula is C60H108NO8+.